The molecule has 0 radical (unpaired) electrons. The van der Waals surface area contributed by atoms with Crippen LogP contribution in [-0.4, -0.2) is 68.2 Å². The number of morpholine rings is 1. The van der Waals surface area contributed by atoms with Crippen LogP contribution in [-0.2, 0) is 9.47 Å². The molecule has 1 heterocycles. The van der Waals surface area contributed by atoms with Gasteiger partial charge in [-0.25, -0.2) is 0 Å². The Morgan fingerprint density at radius 3 is 3.00 bits per heavy atom. The van der Waals surface area contributed by atoms with Crippen molar-refractivity contribution in [2.24, 2.45) is 5.73 Å². The Bertz CT molecular complexity index is 178. The number of aliphatic hydroxyl groups is 1. The maximum Gasteiger partial charge on any atom is 0.0900 e. The van der Waals surface area contributed by atoms with Crippen molar-refractivity contribution in [3.05, 3.63) is 0 Å². The van der Waals surface area contributed by atoms with E-state index in [1.165, 1.54) is 0 Å². The van der Waals surface area contributed by atoms with E-state index in [-0.39, 0.29) is 12.1 Å². The molecule has 1 aliphatic rings. The monoisotopic (exact) mass is 218 g/mol. The standard InChI is InChI=1S/C10H22N2O3/c1-8(11)10-6-12(3-4-15-10)5-9(13)7-14-2/h8-10,13H,3-7,11H2,1-2H3. The summed E-state index contributed by atoms with van der Waals surface area (Å²) in [6.45, 7) is 5.27. The van der Waals surface area contributed by atoms with Gasteiger partial charge in [-0.1, -0.05) is 0 Å². The van der Waals surface area contributed by atoms with Gasteiger partial charge in [-0.05, 0) is 6.92 Å². The molecule has 0 aromatic carbocycles. The Hall–Kier alpha value is -0.200. The molecule has 15 heavy (non-hydrogen) atoms. The molecule has 0 aromatic rings. The van der Waals surface area contributed by atoms with E-state index in [0.29, 0.717) is 19.8 Å². The van der Waals surface area contributed by atoms with Crippen molar-refractivity contribution >= 4 is 0 Å². The Labute approximate surface area is 91.1 Å². The summed E-state index contributed by atoms with van der Waals surface area (Å²) in [5.74, 6) is 0. The van der Waals surface area contributed by atoms with Gasteiger partial charge in [-0.2, -0.15) is 0 Å². The topological polar surface area (TPSA) is 68.0 Å². The van der Waals surface area contributed by atoms with Crippen LogP contribution in [0.2, 0.25) is 0 Å². The molecule has 0 aromatic heterocycles. The van der Waals surface area contributed by atoms with Crippen molar-refractivity contribution in [2.75, 3.05) is 40.0 Å². The minimum atomic E-state index is -0.429. The fraction of sp³-hybridized carbons (Fsp3) is 1.00. The van der Waals surface area contributed by atoms with Crippen LogP contribution in [0.5, 0.6) is 0 Å². The van der Waals surface area contributed by atoms with Gasteiger partial charge in [0.2, 0.25) is 0 Å². The maximum absolute atomic E-state index is 9.59. The highest BCUT2D eigenvalue weighted by atomic mass is 16.5. The summed E-state index contributed by atoms with van der Waals surface area (Å²) in [5, 5.41) is 9.59. The highest BCUT2D eigenvalue weighted by Crippen LogP contribution is 2.08. The molecule has 1 rings (SSSR count). The van der Waals surface area contributed by atoms with Gasteiger partial charge < -0.3 is 20.3 Å². The average molecular weight is 218 g/mol. The lowest BCUT2D eigenvalue weighted by Gasteiger charge is -2.35. The first-order valence-electron chi connectivity index (χ1n) is 5.40. The van der Waals surface area contributed by atoms with Crippen molar-refractivity contribution in [1.29, 1.82) is 0 Å². The molecule has 0 aliphatic carbocycles. The number of aliphatic hydroxyl groups excluding tert-OH is 1. The lowest BCUT2D eigenvalue weighted by atomic mass is 10.1. The maximum atomic E-state index is 9.59. The third-order valence-corrected chi connectivity index (χ3v) is 2.59. The Balaban J connectivity index is 2.29. The number of rotatable bonds is 5. The molecule has 0 bridgehead atoms. The lowest BCUT2D eigenvalue weighted by molar-refractivity contribution is -0.0549. The highest BCUT2D eigenvalue weighted by Gasteiger charge is 2.24. The zero-order valence-electron chi connectivity index (χ0n) is 9.56. The summed E-state index contributed by atoms with van der Waals surface area (Å²) in [6, 6.07) is 0.0346. The summed E-state index contributed by atoms with van der Waals surface area (Å²) < 4.78 is 10.4. The average Bonchev–Trinajstić information content (AvgIpc) is 2.18. The van der Waals surface area contributed by atoms with Crippen molar-refractivity contribution in [3.8, 4) is 0 Å². The number of nitrogens with zero attached hydrogens (tertiary/aromatic N) is 1. The SMILES string of the molecule is COCC(O)CN1CCOC(C(C)N)C1. The molecular formula is C10H22N2O3. The van der Waals surface area contributed by atoms with E-state index >= 15 is 0 Å². The van der Waals surface area contributed by atoms with Crippen molar-refractivity contribution < 1.29 is 14.6 Å². The molecule has 0 amide bonds. The van der Waals surface area contributed by atoms with Crippen LogP contribution in [0.15, 0.2) is 0 Å². The van der Waals surface area contributed by atoms with Crippen LogP contribution in [0.1, 0.15) is 6.92 Å². The number of ether oxygens (including phenoxy) is 2. The summed E-state index contributed by atoms with van der Waals surface area (Å²) in [4.78, 5) is 2.17. The van der Waals surface area contributed by atoms with E-state index in [4.69, 9.17) is 15.2 Å². The first-order valence-corrected chi connectivity index (χ1v) is 5.40. The van der Waals surface area contributed by atoms with E-state index in [1.807, 2.05) is 6.92 Å². The van der Waals surface area contributed by atoms with E-state index in [1.54, 1.807) is 7.11 Å². The summed E-state index contributed by atoms with van der Waals surface area (Å²) in [6.07, 6.45) is -0.352. The number of hydrogen-bond donors (Lipinski definition) is 2. The molecule has 3 atom stereocenters. The van der Waals surface area contributed by atoms with E-state index in [2.05, 4.69) is 4.90 Å². The molecule has 3 unspecified atom stereocenters. The number of nitrogens with two attached hydrogens (primary N) is 1. The zero-order chi connectivity index (χ0) is 11.3. The second kappa shape index (κ2) is 6.40. The van der Waals surface area contributed by atoms with Crippen LogP contribution in [0, 0.1) is 0 Å². The van der Waals surface area contributed by atoms with Gasteiger partial charge in [0.15, 0.2) is 0 Å². The molecule has 1 aliphatic heterocycles. The van der Waals surface area contributed by atoms with Crippen molar-refractivity contribution in [3.63, 3.8) is 0 Å². The summed E-state index contributed by atoms with van der Waals surface area (Å²) >= 11 is 0. The molecule has 1 saturated heterocycles. The van der Waals surface area contributed by atoms with E-state index in [9.17, 15) is 5.11 Å². The third-order valence-electron chi connectivity index (χ3n) is 2.59. The van der Waals surface area contributed by atoms with Gasteiger partial charge in [0.05, 0.1) is 25.4 Å². The van der Waals surface area contributed by atoms with Crippen LogP contribution < -0.4 is 5.73 Å². The van der Waals surface area contributed by atoms with E-state index in [0.717, 1.165) is 13.1 Å². The molecule has 5 heteroatoms. The fourth-order valence-corrected chi connectivity index (χ4v) is 1.76. The minimum absolute atomic E-state index is 0.0346. The second-order valence-corrected chi connectivity index (χ2v) is 4.14. The molecule has 0 saturated carbocycles. The van der Waals surface area contributed by atoms with Crippen molar-refractivity contribution in [1.82, 2.24) is 4.90 Å². The number of hydrogen-bond acceptors (Lipinski definition) is 5. The third kappa shape index (κ3) is 4.44. The molecule has 3 N–H and O–H groups in total. The summed E-state index contributed by atoms with van der Waals surface area (Å²) in [5.41, 5.74) is 5.78. The number of β-amino-alcohol motifs (C(OH)–C–C–N with tert-alkyl or cyclic N) is 1. The second-order valence-electron chi connectivity index (χ2n) is 4.14. The normalized spacial score (nSPS) is 27.6. The smallest absolute Gasteiger partial charge is 0.0900 e. The molecule has 0 spiro atoms. The van der Waals surface area contributed by atoms with Crippen LogP contribution >= 0.6 is 0 Å². The van der Waals surface area contributed by atoms with Gasteiger partial charge in [0, 0.05) is 32.8 Å². The van der Waals surface area contributed by atoms with Crippen LogP contribution in [0.3, 0.4) is 0 Å². The largest absolute Gasteiger partial charge is 0.389 e. The molecular weight excluding hydrogens is 196 g/mol. The Kier molecular flexibility index (Phi) is 5.49. The quantitative estimate of drug-likeness (QED) is 0.622. The molecule has 5 nitrogen and oxygen atoms in total. The molecule has 90 valence electrons. The zero-order valence-corrected chi connectivity index (χ0v) is 9.56. The van der Waals surface area contributed by atoms with Gasteiger partial charge in [-0.3, -0.25) is 4.90 Å². The van der Waals surface area contributed by atoms with Crippen molar-refractivity contribution in [2.45, 2.75) is 25.2 Å². The highest BCUT2D eigenvalue weighted by molar-refractivity contribution is 4.78. The van der Waals surface area contributed by atoms with Gasteiger partial charge in [0.25, 0.3) is 0 Å². The molecule has 1 fully saturated rings. The first-order chi connectivity index (χ1) is 7.13. The van der Waals surface area contributed by atoms with Gasteiger partial charge in [0.1, 0.15) is 0 Å². The lowest BCUT2D eigenvalue weighted by Crippen LogP contribution is -2.51. The van der Waals surface area contributed by atoms with Gasteiger partial charge >= 0.3 is 0 Å². The number of methoxy groups -OCH3 is 1. The predicted octanol–water partition coefficient (Wildman–Crippen LogP) is -0.958. The minimum Gasteiger partial charge on any atom is -0.389 e. The van der Waals surface area contributed by atoms with Crippen LogP contribution in [0.4, 0.5) is 0 Å². The van der Waals surface area contributed by atoms with Crippen LogP contribution in [0.25, 0.3) is 0 Å². The summed E-state index contributed by atoms with van der Waals surface area (Å²) in [7, 11) is 1.59. The predicted molar refractivity (Wildman–Crippen MR) is 57.7 cm³/mol. The first kappa shape index (κ1) is 12.9. The fourth-order valence-electron chi connectivity index (χ4n) is 1.76. The van der Waals surface area contributed by atoms with E-state index < -0.39 is 6.10 Å². The Morgan fingerprint density at radius 1 is 1.67 bits per heavy atom. The van der Waals surface area contributed by atoms with Gasteiger partial charge in [-0.15, -0.1) is 0 Å². The Morgan fingerprint density at radius 2 is 2.40 bits per heavy atom.